The van der Waals surface area contributed by atoms with Crippen LogP contribution in [0.2, 0.25) is 0 Å². The molecule has 0 radical (unpaired) electrons. The predicted molar refractivity (Wildman–Crippen MR) is 85.3 cm³/mol. The van der Waals surface area contributed by atoms with E-state index >= 15 is 0 Å². The Bertz CT molecular complexity index is 625. The van der Waals surface area contributed by atoms with Gasteiger partial charge in [-0.3, -0.25) is 4.79 Å². The minimum atomic E-state index is -0.378. The highest BCUT2D eigenvalue weighted by Gasteiger charge is 2.13. The van der Waals surface area contributed by atoms with E-state index < -0.39 is 0 Å². The minimum absolute atomic E-state index is 0.194. The van der Waals surface area contributed by atoms with E-state index in [-0.39, 0.29) is 23.7 Å². The zero-order chi connectivity index (χ0) is 16.1. The largest absolute Gasteiger partial charge is 0.393 e. The topological polar surface area (TPSA) is 62.2 Å². The fraction of sp³-hybridized carbons (Fsp3) is 0.375. The summed E-state index contributed by atoms with van der Waals surface area (Å²) in [6.45, 7) is 4.19. The molecule has 4 nitrogen and oxygen atoms in total. The molecular weight excluding hydrogens is 303 g/mol. The molecule has 1 heterocycles. The van der Waals surface area contributed by atoms with Crippen LogP contribution in [-0.2, 0) is 0 Å². The third-order valence-corrected chi connectivity index (χ3v) is 4.07. The van der Waals surface area contributed by atoms with Gasteiger partial charge >= 0.3 is 0 Å². The van der Waals surface area contributed by atoms with Crippen LogP contribution in [0.5, 0.6) is 0 Å². The average Bonchev–Trinajstić information content (AvgIpc) is 2.94. The summed E-state index contributed by atoms with van der Waals surface area (Å²) >= 11 is 1.35. The molecule has 0 spiro atoms. The number of halogens is 1. The van der Waals surface area contributed by atoms with Crippen LogP contribution in [0.15, 0.2) is 29.6 Å². The van der Waals surface area contributed by atoms with Gasteiger partial charge in [0, 0.05) is 17.5 Å². The first-order chi connectivity index (χ1) is 10.5. The van der Waals surface area contributed by atoms with Gasteiger partial charge in [-0.05, 0) is 43.5 Å². The first-order valence-corrected chi connectivity index (χ1v) is 8.01. The summed E-state index contributed by atoms with van der Waals surface area (Å²) < 4.78 is 12.9. The maximum absolute atomic E-state index is 12.9. The predicted octanol–water partition coefficient (Wildman–Crippen LogP) is 3.09. The summed E-state index contributed by atoms with van der Waals surface area (Å²) in [6, 6.07) is 6.02. The molecule has 0 bridgehead atoms. The number of carbonyl (C=O) groups is 1. The van der Waals surface area contributed by atoms with E-state index in [2.05, 4.69) is 10.3 Å². The summed E-state index contributed by atoms with van der Waals surface area (Å²) in [4.78, 5) is 16.3. The number of thiazole rings is 1. The Labute approximate surface area is 133 Å². The number of hydrogen-bond donors (Lipinski definition) is 2. The number of amides is 1. The van der Waals surface area contributed by atoms with Gasteiger partial charge in [0.15, 0.2) is 0 Å². The number of aliphatic hydroxyl groups excluding tert-OH is 1. The Hall–Kier alpha value is -1.79. The lowest BCUT2D eigenvalue weighted by Gasteiger charge is -2.13. The van der Waals surface area contributed by atoms with Crippen LogP contribution in [0, 0.1) is 11.7 Å². The molecule has 1 amide bonds. The van der Waals surface area contributed by atoms with Crippen molar-refractivity contribution < 1.29 is 14.3 Å². The molecule has 1 aromatic carbocycles. The van der Waals surface area contributed by atoms with E-state index in [1.54, 1.807) is 24.4 Å². The Morgan fingerprint density at radius 3 is 2.68 bits per heavy atom. The van der Waals surface area contributed by atoms with E-state index in [9.17, 15) is 14.3 Å². The molecule has 2 N–H and O–H groups in total. The molecular formula is C16H19FN2O2S. The number of benzene rings is 1. The van der Waals surface area contributed by atoms with Gasteiger partial charge in [0.2, 0.25) is 0 Å². The van der Waals surface area contributed by atoms with Gasteiger partial charge in [-0.2, -0.15) is 0 Å². The van der Waals surface area contributed by atoms with Crippen LogP contribution >= 0.6 is 11.3 Å². The molecule has 22 heavy (non-hydrogen) atoms. The molecule has 6 heteroatoms. The lowest BCUT2D eigenvalue weighted by molar-refractivity contribution is 0.0935. The third-order valence-electron chi connectivity index (χ3n) is 3.18. The highest BCUT2D eigenvalue weighted by Crippen LogP contribution is 2.23. The van der Waals surface area contributed by atoms with Gasteiger partial charge in [-0.15, -0.1) is 11.3 Å². The van der Waals surface area contributed by atoms with Gasteiger partial charge in [0.25, 0.3) is 5.91 Å². The number of aliphatic hydroxyl groups is 1. The molecule has 2 atom stereocenters. The SMILES string of the molecule is CC(O)CC(C)CNC(=O)c1csc(-c2ccc(F)cc2)n1. The third kappa shape index (κ3) is 4.61. The molecule has 118 valence electrons. The molecule has 2 aromatic rings. The van der Waals surface area contributed by atoms with Gasteiger partial charge < -0.3 is 10.4 Å². The van der Waals surface area contributed by atoms with Gasteiger partial charge in [0.1, 0.15) is 16.5 Å². The highest BCUT2D eigenvalue weighted by molar-refractivity contribution is 7.13. The van der Waals surface area contributed by atoms with Crippen LogP contribution in [0.25, 0.3) is 10.6 Å². The Morgan fingerprint density at radius 1 is 1.36 bits per heavy atom. The number of aromatic nitrogens is 1. The van der Waals surface area contributed by atoms with Gasteiger partial charge in [-0.25, -0.2) is 9.37 Å². The monoisotopic (exact) mass is 322 g/mol. The number of hydrogen-bond acceptors (Lipinski definition) is 4. The van der Waals surface area contributed by atoms with Crippen molar-refractivity contribution in [2.75, 3.05) is 6.54 Å². The van der Waals surface area contributed by atoms with Crippen LogP contribution in [0.1, 0.15) is 30.8 Å². The molecule has 0 aliphatic carbocycles. The summed E-state index contributed by atoms with van der Waals surface area (Å²) in [7, 11) is 0. The van der Waals surface area contributed by atoms with Crippen LogP contribution < -0.4 is 5.32 Å². The quantitative estimate of drug-likeness (QED) is 0.859. The van der Waals surface area contributed by atoms with Gasteiger partial charge in [-0.1, -0.05) is 6.92 Å². The zero-order valence-corrected chi connectivity index (χ0v) is 13.4. The van der Waals surface area contributed by atoms with Crippen molar-refractivity contribution in [3.63, 3.8) is 0 Å². The fourth-order valence-corrected chi connectivity index (χ4v) is 2.93. The van der Waals surface area contributed by atoms with Crippen molar-refractivity contribution in [1.29, 1.82) is 0 Å². The number of carbonyl (C=O) groups excluding carboxylic acids is 1. The highest BCUT2D eigenvalue weighted by atomic mass is 32.1. The maximum Gasteiger partial charge on any atom is 0.270 e. The number of rotatable bonds is 6. The van der Waals surface area contributed by atoms with Gasteiger partial charge in [0.05, 0.1) is 6.10 Å². The van der Waals surface area contributed by atoms with Crippen LogP contribution in [-0.4, -0.2) is 28.6 Å². The second-order valence-corrected chi connectivity index (χ2v) is 6.30. The molecule has 0 aliphatic rings. The fourth-order valence-electron chi connectivity index (χ4n) is 2.13. The normalized spacial score (nSPS) is 13.6. The smallest absolute Gasteiger partial charge is 0.270 e. The Kier molecular flexibility index (Phi) is 5.63. The molecule has 2 rings (SSSR count). The van der Waals surface area contributed by atoms with E-state index in [0.29, 0.717) is 23.7 Å². The lowest BCUT2D eigenvalue weighted by atomic mass is 10.0. The molecule has 2 unspecified atom stereocenters. The van der Waals surface area contributed by atoms with E-state index in [1.807, 2.05) is 6.92 Å². The van der Waals surface area contributed by atoms with Crippen molar-refractivity contribution in [3.8, 4) is 10.6 Å². The van der Waals surface area contributed by atoms with E-state index in [0.717, 1.165) is 5.56 Å². The van der Waals surface area contributed by atoms with Crippen molar-refractivity contribution in [3.05, 3.63) is 41.2 Å². The summed E-state index contributed by atoms with van der Waals surface area (Å²) in [5.74, 6) is -0.341. The Morgan fingerprint density at radius 2 is 2.05 bits per heavy atom. The minimum Gasteiger partial charge on any atom is -0.393 e. The van der Waals surface area contributed by atoms with Crippen molar-refractivity contribution in [2.24, 2.45) is 5.92 Å². The molecule has 0 saturated carbocycles. The Balaban J connectivity index is 1.96. The van der Waals surface area contributed by atoms with Crippen molar-refractivity contribution in [1.82, 2.24) is 10.3 Å². The summed E-state index contributed by atoms with van der Waals surface area (Å²) in [5.41, 5.74) is 1.14. The van der Waals surface area contributed by atoms with Crippen LogP contribution in [0.3, 0.4) is 0 Å². The van der Waals surface area contributed by atoms with E-state index in [1.165, 1.54) is 23.5 Å². The second kappa shape index (κ2) is 7.47. The number of nitrogens with one attached hydrogen (secondary N) is 1. The zero-order valence-electron chi connectivity index (χ0n) is 12.5. The van der Waals surface area contributed by atoms with Crippen molar-refractivity contribution in [2.45, 2.75) is 26.4 Å². The van der Waals surface area contributed by atoms with E-state index in [4.69, 9.17) is 0 Å². The first-order valence-electron chi connectivity index (χ1n) is 7.13. The maximum atomic E-state index is 12.9. The molecule has 0 fully saturated rings. The summed E-state index contributed by atoms with van der Waals surface area (Å²) in [5, 5.41) is 14.5. The van der Waals surface area contributed by atoms with Crippen LogP contribution in [0.4, 0.5) is 4.39 Å². The van der Waals surface area contributed by atoms with Crippen molar-refractivity contribution >= 4 is 17.2 Å². The number of nitrogens with zero attached hydrogens (tertiary/aromatic N) is 1. The molecule has 0 saturated heterocycles. The first kappa shape index (κ1) is 16.6. The standard InChI is InChI=1S/C16H19FN2O2S/c1-10(7-11(2)20)8-18-15(21)14-9-22-16(19-14)12-3-5-13(17)6-4-12/h3-6,9-11,20H,7-8H2,1-2H3,(H,18,21). The average molecular weight is 322 g/mol. The lowest BCUT2D eigenvalue weighted by Crippen LogP contribution is -2.29. The molecule has 1 aromatic heterocycles. The molecule has 0 aliphatic heterocycles. The summed E-state index contributed by atoms with van der Waals surface area (Å²) in [6.07, 6.45) is 0.259. The second-order valence-electron chi connectivity index (χ2n) is 5.44.